The third-order valence-corrected chi connectivity index (χ3v) is 4.15. The van der Waals surface area contributed by atoms with Crippen LogP contribution in [-0.2, 0) is 16.0 Å². The van der Waals surface area contributed by atoms with Crippen LogP contribution in [0.2, 0.25) is 5.02 Å². The zero-order chi connectivity index (χ0) is 10.7. The first kappa shape index (κ1) is 12.3. The molecule has 0 aliphatic heterocycles. The number of rotatable bonds is 2. The van der Waals surface area contributed by atoms with Gasteiger partial charge in [0.1, 0.15) is 0 Å². The molecule has 2 nitrogen and oxygen atoms in total. The van der Waals surface area contributed by atoms with Crippen LogP contribution in [0.3, 0.4) is 0 Å². The third-order valence-electron chi connectivity index (χ3n) is 1.69. The van der Waals surface area contributed by atoms with Crippen LogP contribution in [0.25, 0.3) is 0 Å². The van der Waals surface area contributed by atoms with Crippen LogP contribution in [0.1, 0.15) is 5.56 Å². The predicted molar refractivity (Wildman–Crippen MR) is 67.6 cm³/mol. The average molecular weight is 389 g/mol. The number of hydrogen-bond acceptors (Lipinski definition) is 2. The predicted octanol–water partition coefficient (Wildman–Crippen LogP) is 3.42. The Morgan fingerprint density at radius 2 is 2.29 bits per heavy atom. The smallest absolute Gasteiger partial charge is 0.310 e. The van der Waals surface area contributed by atoms with Gasteiger partial charge in [-0.15, -0.1) is 0 Å². The van der Waals surface area contributed by atoms with Crippen molar-refractivity contribution >= 4 is 56.1 Å². The molecule has 5 heteroatoms. The fourth-order valence-corrected chi connectivity index (χ4v) is 2.62. The second kappa shape index (κ2) is 5.32. The molecule has 1 aromatic carbocycles. The van der Waals surface area contributed by atoms with Crippen LogP contribution in [-0.4, -0.2) is 13.1 Å². The first-order chi connectivity index (χ1) is 6.56. The van der Waals surface area contributed by atoms with E-state index in [1.165, 1.54) is 7.11 Å². The van der Waals surface area contributed by atoms with Gasteiger partial charge in [0.25, 0.3) is 0 Å². The van der Waals surface area contributed by atoms with Crippen LogP contribution in [0, 0.1) is 3.57 Å². The molecule has 0 spiro atoms. The van der Waals surface area contributed by atoms with Crippen LogP contribution >= 0.6 is 50.1 Å². The monoisotopic (exact) mass is 388 g/mol. The fraction of sp³-hybridized carbons (Fsp3) is 0.222. The van der Waals surface area contributed by atoms with Crippen molar-refractivity contribution in [1.82, 2.24) is 0 Å². The highest BCUT2D eigenvalue weighted by atomic mass is 127. The minimum Gasteiger partial charge on any atom is -0.469 e. The van der Waals surface area contributed by atoms with Gasteiger partial charge in [-0.2, -0.15) is 0 Å². The summed E-state index contributed by atoms with van der Waals surface area (Å²) in [4.78, 5) is 11.1. The molecule has 0 saturated carbocycles. The summed E-state index contributed by atoms with van der Waals surface area (Å²) in [5, 5.41) is 0.601. The summed E-state index contributed by atoms with van der Waals surface area (Å²) in [6.45, 7) is 0. The molecule has 0 saturated heterocycles. The number of benzene rings is 1. The lowest BCUT2D eigenvalue weighted by atomic mass is 10.1. The van der Waals surface area contributed by atoms with E-state index in [-0.39, 0.29) is 12.4 Å². The molecule has 0 unspecified atom stereocenters. The Balaban J connectivity index is 3.06. The van der Waals surface area contributed by atoms with Gasteiger partial charge in [0.15, 0.2) is 0 Å². The molecule has 0 fully saturated rings. The summed E-state index contributed by atoms with van der Waals surface area (Å²) in [6.07, 6.45) is 0.232. The normalized spacial score (nSPS) is 10.0. The number of carbonyl (C=O) groups excluding carboxylic acids is 1. The molecule has 14 heavy (non-hydrogen) atoms. The van der Waals surface area contributed by atoms with Crippen LogP contribution in [0.5, 0.6) is 0 Å². The highest BCUT2D eigenvalue weighted by molar-refractivity contribution is 14.1. The van der Waals surface area contributed by atoms with Crippen LogP contribution in [0.4, 0.5) is 0 Å². The number of ether oxygens (including phenoxy) is 1. The number of hydrogen-bond donors (Lipinski definition) is 0. The lowest BCUT2D eigenvalue weighted by molar-refractivity contribution is -0.139. The van der Waals surface area contributed by atoms with Crippen molar-refractivity contribution in [2.24, 2.45) is 0 Å². The summed E-state index contributed by atoms with van der Waals surface area (Å²) in [5.74, 6) is -0.272. The second-order valence-corrected chi connectivity index (χ2v) is 4.94. The van der Waals surface area contributed by atoms with Gasteiger partial charge in [-0.1, -0.05) is 11.6 Å². The van der Waals surface area contributed by atoms with Crippen molar-refractivity contribution in [3.8, 4) is 0 Å². The van der Waals surface area contributed by atoms with Gasteiger partial charge in [-0.3, -0.25) is 4.79 Å². The Bertz CT molecular complexity index is 368. The molecule has 0 bridgehead atoms. The van der Waals surface area contributed by atoms with E-state index < -0.39 is 0 Å². The van der Waals surface area contributed by atoms with Gasteiger partial charge in [-0.05, 0) is 56.2 Å². The molecule has 0 heterocycles. The Hall–Kier alpha value is 0.190. The van der Waals surface area contributed by atoms with Crippen molar-refractivity contribution in [3.63, 3.8) is 0 Å². The molecule has 0 radical (unpaired) electrons. The first-order valence-corrected chi connectivity index (χ1v) is 6.00. The van der Waals surface area contributed by atoms with Gasteiger partial charge in [-0.25, -0.2) is 0 Å². The van der Waals surface area contributed by atoms with Gasteiger partial charge < -0.3 is 4.74 Å². The van der Waals surface area contributed by atoms with E-state index in [1.54, 1.807) is 6.07 Å². The Morgan fingerprint density at radius 3 is 2.86 bits per heavy atom. The van der Waals surface area contributed by atoms with Crippen molar-refractivity contribution in [3.05, 3.63) is 30.8 Å². The molecule has 0 aromatic heterocycles. The minimum absolute atomic E-state index is 0.232. The number of esters is 1. The minimum atomic E-state index is -0.272. The molecule has 76 valence electrons. The number of methoxy groups -OCH3 is 1. The maximum Gasteiger partial charge on any atom is 0.310 e. The maximum absolute atomic E-state index is 11.1. The van der Waals surface area contributed by atoms with E-state index in [0.717, 1.165) is 13.6 Å². The van der Waals surface area contributed by atoms with Crippen molar-refractivity contribution < 1.29 is 9.53 Å². The highest BCUT2D eigenvalue weighted by Crippen LogP contribution is 2.30. The summed E-state index contributed by atoms with van der Waals surface area (Å²) in [5.41, 5.74) is 0.866. The lowest BCUT2D eigenvalue weighted by Gasteiger charge is -2.07. The fourth-order valence-electron chi connectivity index (χ4n) is 0.948. The van der Waals surface area contributed by atoms with Crippen molar-refractivity contribution in [2.45, 2.75) is 6.42 Å². The average Bonchev–Trinajstić information content (AvgIpc) is 2.18. The molecule has 1 rings (SSSR count). The third kappa shape index (κ3) is 2.84. The summed E-state index contributed by atoms with van der Waals surface area (Å²) < 4.78 is 6.35. The molecule has 0 amide bonds. The quantitative estimate of drug-likeness (QED) is 0.440. The largest absolute Gasteiger partial charge is 0.469 e. The van der Waals surface area contributed by atoms with Crippen molar-refractivity contribution in [1.29, 1.82) is 0 Å². The molecule has 0 aliphatic carbocycles. The van der Waals surface area contributed by atoms with Crippen LogP contribution in [0.15, 0.2) is 16.6 Å². The number of carbonyl (C=O) groups is 1. The summed E-state index contributed by atoms with van der Waals surface area (Å²) in [7, 11) is 1.37. The molecule has 1 aromatic rings. The molecule has 0 N–H and O–H groups in total. The Labute approximate surface area is 109 Å². The zero-order valence-corrected chi connectivity index (χ0v) is 11.8. The first-order valence-electron chi connectivity index (χ1n) is 3.75. The number of halogens is 3. The summed E-state index contributed by atoms with van der Waals surface area (Å²) >= 11 is 11.4. The van der Waals surface area contributed by atoms with E-state index in [2.05, 4.69) is 43.3 Å². The van der Waals surface area contributed by atoms with Gasteiger partial charge >= 0.3 is 5.97 Å². The Kier molecular flexibility index (Phi) is 4.66. The zero-order valence-electron chi connectivity index (χ0n) is 7.31. The van der Waals surface area contributed by atoms with E-state index in [4.69, 9.17) is 11.6 Å². The van der Waals surface area contributed by atoms with Gasteiger partial charge in [0, 0.05) is 8.04 Å². The topological polar surface area (TPSA) is 26.3 Å². The van der Waals surface area contributed by atoms with E-state index >= 15 is 0 Å². The second-order valence-electron chi connectivity index (χ2n) is 2.57. The molecule has 0 atom stereocenters. The summed E-state index contributed by atoms with van der Waals surface area (Å²) in [6, 6.07) is 3.65. The highest BCUT2D eigenvalue weighted by Gasteiger charge is 2.12. The molecule has 0 aliphatic rings. The maximum atomic E-state index is 11.1. The van der Waals surface area contributed by atoms with E-state index in [0.29, 0.717) is 5.02 Å². The lowest BCUT2D eigenvalue weighted by Crippen LogP contribution is -2.06. The molecular weight excluding hydrogens is 382 g/mol. The molecular formula is C9H7BrClIO2. The Morgan fingerprint density at radius 1 is 1.64 bits per heavy atom. The van der Waals surface area contributed by atoms with Crippen LogP contribution < -0.4 is 0 Å². The van der Waals surface area contributed by atoms with E-state index in [1.807, 2.05) is 6.07 Å². The van der Waals surface area contributed by atoms with E-state index in [9.17, 15) is 4.79 Å². The van der Waals surface area contributed by atoms with Gasteiger partial charge in [0.2, 0.25) is 0 Å². The standard InChI is InChI=1S/C9H7BrClIO2/c1-14-8(13)4-5-7(12)3-2-6(11)9(5)10/h2-3H,4H2,1H3. The SMILES string of the molecule is COC(=O)Cc1c(I)ccc(Cl)c1Br. The van der Waals surface area contributed by atoms with Crippen molar-refractivity contribution in [2.75, 3.05) is 7.11 Å². The van der Waals surface area contributed by atoms with Gasteiger partial charge in [0.05, 0.1) is 18.6 Å².